The summed E-state index contributed by atoms with van der Waals surface area (Å²) in [7, 11) is 2.93. The Morgan fingerprint density at radius 3 is 2.93 bits per heavy atom. The van der Waals surface area contributed by atoms with Gasteiger partial charge in [-0.1, -0.05) is 5.92 Å². The average Bonchev–Trinajstić information content (AvgIpc) is 2.58. The minimum atomic E-state index is -0.366. The number of hydrogen-bond donors (Lipinski definition) is 1. The number of likely N-dealkylation sites (N-methyl/N-ethyl adjacent to an activating group) is 1. The van der Waals surface area contributed by atoms with Crippen LogP contribution in [0.3, 0.4) is 0 Å². The molecule has 1 N–H and O–H groups in total. The van der Waals surface area contributed by atoms with E-state index in [1.54, 1.807) is 7.05 Å². The van der Waals surface area contributed by atoms with Crippen LogP contribution in [0.5, 0.6) is 0 Å². The average molecular weight is 208 g/mol. The fourth-order valence-corrected chi connectivity index (χ4v) is 1.29. The third kappa shape index (κ3) is 2.10. The largest absolute Gasteiger partial charge is 0.491 e. The number of carbonyl (C=O) groups excluding carboxylic acids is 2. The molecule has 1 rings (SSSR count). The van der Waals surface area contributed by atoms with Crippen molar-refractivity contribution in [2.75, 3.05) is 27.2 Å². The van der Waals surface area contributed by atoms with Crippen molar-refractivity contribution in [1.82, 2.24) is 10.2 Å². The summed E-state index contributed by atoms with van der Waals surface area (Å²) in [6.07, 6.45) is 5.09. The Labute approximate surface area is 88.1 Å². The summed E-state index contributed by atoms with van der Waals surface area (Å²) in [6, 6.07) is 0. The van der Waals surface area contributed by atoms with E-state index in [9.17, 15) is 9.59 Å². The number of rotatable bonds is 3. The number of nitrogens with zero attached hydrogens (tertiary/aromatic N) is 1. The molecule has 0 fully saturated rings. The van der Waals surface area contributed by atoms with Crippen LogP contribution in [0.25, 0.3) is 0 Å². The molecular formula is C10H12N2O3. The molecular weight excluding hydrogens is 196 g/mol. The van der Waals surface area contributed by atoms with Gasteiger partial charge >= 0.3 is 0 Å². The van der Waals surface area contributed by atoms with Crippen LogP contribution in [-0.4, -0.2) is 44.0 Å². The van der Waals surface area contributed by atoms with Crippen LogP contribution in [0.2, 0.25) is 0 Å². The van der Waals surface area contributed by atoms with E-state index in [1.807, 2.05) is 0 Å². The van der Waals surface area contributed by atoms with Crippen molar-refractivity contribution >= 4 is 11.8 Å². The summed E-state index contributed by atoms with van der Waals surface area (Å²) < 4.78 is 4.85. The Hall–Kier alpha value is -1.96. The number of terminal acetylenes is 1. The third-order valence-corrected chi connectivity index (χ3v) is 2.04. The minimum absolute atomic E-state index is 0.0730. The molecule has 0 saturated carbocycles. The molecule has 0 aromatic heterocycles. The molecule has 0 aromatic carbocycles. The van der Waals surface area contributed by atoms with Gasteiger partial charge in [-0.15, -0.1) is 6.42 Å². The zero-order valence-electron chi connectivity index (χ0n) is 8.66. The van der Waals surface area contributed by atoms with Crippen molar-refractivity contribution in [2.45, 2.75) is 0 Å². The van der Waals surface area contributed by atoms with E-state index in [1.165, 1.54) is 12.0 Å². The van der Waals surface area contributed by atoms with Gasteiger partial charge in [0.25, 0.3) is 11.8 Å². The quantitative estimate of drug-likeness (QED) is 0.612. The number of carbonyl (C=O) groups is 2. The molecule has 0 aliphatic carbocycles. The maximum atomic E-state index is 11.8. The van der Waals surface area contributed by atoms with Gasteiger partial charge in [-0.05, 0) is 0 Å². The zero-order valence-corrected chi connectivity index (χ0v) is 8.66. The molecule has 1 aliphatic rings. The molecule has 2 amide bonds. The van der Waals surface area contributed by atoms with E-state index >= 15 is 0 Å². The first kappa shape index (κ1) is 11.1. The molecule has 0 atom stereocenters. The monoisotopic (exact) mass is 208 g/mol. The normalized spacial score (nSPS) is 14.6. The number of nitrogens with one attached hydrogen (secondary N) is 1. The highest BCUT2D eigenvalue weighted by atomic mass is 16.5. The molecule has 0 radical (unpaired) electrons. The Kier molecular flexibility index (Phi) is 3.34. The Morgan fingerprint density at radius 1 is 1.73 bits per heavy atom. The lowest BCUT2D eigenvalue weighted by atomic mass is 10.2. The van der Waals surface area contributed by atoms with Gasteiger partial charge in [0.15, 0.2) is 5.76 Å². The highest BCUT2D eigenvalue weighted by Gasteiger charge is 2.29. The van der Waals surface area contributed by atoms with Gasteiger partial charge in [0.2, 0.25) is 0 Å². The van der Waals surface area contributed by atoms with Gasteiger partial charge in [-0.2, -0.15) is 0 Å². The Bertz CT molecular complexity index is 365. The van der Waals surface area contributed by atoms with E-state index < -0.39 is 0 Å². The number of ether oxygens (including phenoxy) is 1. The van der Waals surface area contributed by atoms with Crippen LogP contribution in [0.1, 0.15) is 0 Å². The highest BCUT2D eigenvalue weighted by Crippen LogP contribution is 2.13. The maximum Gasteiger partial charge on any atom is 0.287 e. The SMILES string of the molecule is C#CCN(C)C(=O)C1=C(OC)C(=O)NC1. The first-order chi connectivity index (χ1) is 7.11. The number of amides is 2. The standard InChI is InChI=1S/C10H12N2O3/c1-4-5-12(2)10(14)7-6-11-9(13)8(7)15-3/h1H,5-6H2,2-3H3,(H,11,13). The molecule has 80 valence electrons. The molecule has 1 heterocycles. The Morgan fingerprint density at radius 2 is 2.40 bits per heavy atom. The number of methoxy groups -OCH3 is 1. The smallest absolute Gasteiger partial charge is 0.287 e. The molecule has 5 heteroatoms. The third-order valence-electron chi connectivity index (χ3n) is 2.04. The van der Waals surface area contributed by atoms with Crippen molar-refractivity contribution in [3.8, 4) is 12.3 Å². The van der Waals surface area contributed by atoms with Gasteiger partial charge < -0.3 is 15.0 Å². The minimum Gasteiger partial charge on any atom is -0.491 e. The van der Waals surface area contributed by atoms with Crippen LogP contribution < -0.4 is 5.32 Å². The van der Waals surface area contributed by atoms with E-state index in [4.69, 9.17) is 11.2 Å². The molecule has 0 unspecified atom stereocenters. The molecule has 0 saturated heterocycles. The van der Waals surface area contributed by atoms with Crippen LogP contribution >= 0.6 is 0 Å². The molecule has 0 spiro atoms. The van der Waals surface area contributed by atoms with Crippen molar-refractivity contribution in [3.63, 3.8) is 0 Å². The summed E-state index contributed by atoms with van der Waals surface area (Å²) in [5.41, 5.74) is 0.320. The van der Waals surface area contributed by atoms with Gasteiger partial charge in [-0.3, -0.25) is 9.59 Å². The molecule has 0 aromatic rings. The van der Waals surface area contributed by atoms with Crippen LogP contribution in [0.4, 0.5) is 0 Å². The van der Waals surface area contributed by atoms with Crippen LogP contribution in [0, 0.1) is 12.3 Å². The summed E-state index contributed by atoms with van der Waals surface area (Å²) in [4.78, 5) is 24.3. The second kappa shape index (κ2) is 4.51. The molecule has 0 bridgehead atoms. The summed E-state index contributed by atoms with van der Waals surface area (Å²) >= 11 is 0. The number of hydrogen-bond acceptors (Lipinski definition) is 3. The van der Waals surface area contributed by atoms with E-state index in [2.05, 4.69) is 11.2 Å². The van der Waals surface area contributed by atoms with Crippen LogP contribution in [-0.2, 0) is 14.3 Å². The van der Waals surface area contributed by atoms with Gasteiger partial charge in [0.05, 0.1) is 25.8 Å². The van der Waals surface area contributed by atoms with E-state index in [0.717, 1.165) is 0 Å². The zero-order chi connectivity index (χ0) is 11.4. The second-order valence-corrected chi connectivity index (χ2v) is 3.06. The van der Waals surface area contributed by atoms with Crippen molar-refractivity contribution in [2.24, 2.45) is 0 Å². The topological polar surface area (TPSA) is 58.6 Å². The maximum absolute atomic E-state index is 11.8. The van der Waals surface area contributed by atoms with E-state index in [0.29, 0.717) is 5.57 Å². The predicted molar refractivity (Wildman–Crippen MR) is 53.5 cm³/mol. The fourth-order valence-electron chi connectivity index (χ4n) is 1.29. The van der Waals surface area contributed by atoms with Gasteiger partial charge in [-0.25, -0.2) is 0 Å². The van der Waals surface area contributed by atoms with E-state index in [-0.39, 0.29) is 30.7 Å². The Balaban J connectivity index is 2.88. The summed E-state index contributed by atoms with van der Waals surface area (Å²) in [5.74, 6) is 1.77. The van der Waals surface area contributed by atoms with Crippen LogP contribution in [0.15, 0.2) is 11.3 Å². The van der Waals surface area contributed by atoms with Gasteiger partial charge in [0.1, 0.15) is 0 Å². The summed E-state index contributed by atoms with van der Waals surface area (Å²) in [6.45, 7) is 0.392. The van der Waals surface area contributed by atoms with Gasteiger partial charge in [0, 0.05) is 7.05 Å². The van der Waals surface area contributed by atoms with Crippen molar-refractivity contribution < 1.29 is 14.3 Å². The first-order valence-corrected chi connectivity index (χ1v) is 4.36. The van der Waals surface area contributed by atoms with Crippen molar-refractivity contribution in [3.05, 3.63) is 11.3 Å². The molecule has 1 aliphatic heterocycles. The molecule has 5 nitrogen and oxygen atoms in total. The first-order valence-electron chi connectivity index (χ1n) is 4.36. The molecule has 15 heavy (non-hydrogen) atoms. The predicted octanol–water partition coefficient (Wildman–Crippen LogP) is -0.892. The van der Waals surface area contributed by atoms with Crippen molar-refractivity contribution in [1.29, 1.82) is 0 Å². The highest BCUT2D eigenvalue weighted by molar-refractivity contribution is 6.07. The lowest BCUT2D eigenvalue weighted by Gasteiger charge is -2.14. The second-order valence-electron chi connectivity index (χ2n) is 3.06. The fraction of sp³-hybridized carbons (Fsp3) is 0.400. The lowest BCUT2D eigenvalue weighted by Crippen LogP contribution is -2.30. The summed E-state index contributed by atoms with van der Waals surface area (Å²) in [5, 5.41) is 2.51. The lowest BCUT2D eigenvalue weighted by molar-refractivity contribution is -0.125.